The van der Waals surface area contributed by atoms with Gasteiger partial charge in [-0.25, -0.2) is 0 Å². The lowest BCUT2D eigenvalue weighted by Crippen LogP contribution is -2.36. The van der Waals surface area contributed by atoms with Gasteiger partial charge in [-0.05, 0) is 43.9 Å². The molecule has 1 heterocycles. The number of hydrogen-bond acceptors (Lipinski definition) is 4. The van der Waals surface area contributed by atoms with Crippen molar-refractivity contribution in [1.82, 2.24) is 5.32 Å². The predicted octanol–water partition coefficient (Wildman–Crippen LogP) is 6.93. The molecule has 3 aliphatic rings. The number of hydrogen-bond donors (Lipinski definition) is 1. The zero-order chi connectivity index (χ0) is 23.1. The highest BCUT2D eigenvalue weighted by atomic mass is 35.5. The molecule has 5 rings (SSSR count). The van der Waals surface area contributed by atoms with Gasteiger partial charge in [-0.3, -0.25) is 9.59 Å². The fourth-order valence-electron chi connectivity index (χ4n) is 5.01. The number of ether oxygens (including phenoxy) is 1. The monoisotopic (exact) mass is 501 g/mol. The Kier molecular flexibility index (Phi) is 6.26. The summed E-state index contributed by atoms with van der Waals surface area (Å²) in [5.74, 6) is -0.0312. The summed E-state index contributed by atoms with van der Waals surface area (Å²) in [6.07, 6.45) is 4.04. The summed E-state index contributed by atoms with van der Waals surface area (Å²) in [5.41, 5.74) is 4.53. The van der Waals surface area contributed by atoms with E-state index in [9.17, 15) is 9.59 Å². The summed E-state index contributed by atoms with van der Waals surface area (Å²) in [4.78, 5) is 26.3. The lowest BCUT2D eigenvalue weighted by molar-refractivity contribution is -0.116. The van der Waals surface area contributed by atoms with Crippen LogP contribution in [0.15, 0.2) is 58.9 Å². The number of dihydropyridines is 1. The van der Waals surface area contributed by atoms with Gasteiger partial charge in [-0.2, -0.15) is 0 Å². The van der Waals surface area contributed by atoms with Crippen LogP contribution in [-0.2, 0) is 16.2 Å². The molecule has 0 radical (unpaired) electrons. The number of carbonyl (C=O) groups is 2. The van der Waals surface area contributed by atoms with Crippen LogP contribution in [-0.4, -0.2) is 11.6 Å². The largest absolute Gasteiger partial charge is 0.487 e. The Balaban J connectivity index is 1.65. The van der Waals surface area contributed by atoms with Gasteiger partial charge in [0, 0.05) is 62.5 Å². The molecule has 1 aliphatic heterocycles. The van der Waals surface area contributed by atoms with Crippen molar-refractivity contribution in [1.29, 1.82) is 0 Å². The normalized spacial score (nSPS) is 18.8. The van der Waals surface area contributed by atoms with Crippen molar-refractivity contribution < 1.29 is 14.3 Å². The molecule has 4 nitrogen and oxygen atoms in total. The van der Waals surface area contributed by atoms with Crippen molar-refractivity contribution in [2.45, 2.75) is 51.0 Å². The van der Waals surface area contributed by atoms with Gasteiger partial charge < -0.3 is 10.1 Å². The van der Waals surface area contributed by atoms with Crippen molar-refractivity contribution in [2.24, 2.45) is 0 Å². The molecule has 0 atom stereocenters. The summed E-state index contributed by atoms with van der Waals surface area (Å²) in [5, 5.41) is 4.77. The smallest absolute Gasteiger partial charge is 0.161 e. The first kappa shape index (κ1) is 22.5. The first-order valence-electron chi connectivity index (χ1n) is 11.1. The van der Waals surface area contributed by atoms with Crippen LogP contribution in [0, 0.1) is 0 Å². The Bertz CT molecular complexity index is 1190. The Hall–Kier alpha value is -2.27. The van der Waals surface area contributed by atoms with Gasteiger partial charge in [0.1, 0.15) is 12.4 Å². The van der Waals surface area contributed by atoms with Crippen molar-refractivity contribution in [3.05, 3.63) is 85.1 Å². The van der Waals surface area contributed by atoms with Crippen LogP contribution < -0.4 is 10.1 Å². The minimum atomic E-state index is -0.547. The molecule has 0 aromatic heterocycles. The quantitative estimate of drug-likeness (QED) is 0.493. The van der Waals surface area contributed by atoms with E-state index in [2.05, 4.69) is 5.32 Å². The summed E-state index contributed by atoms with van der Waals surface area (Å²) in [6.45, 7) is 0.193. The fraction of sp³-hybridized carbons (Fsp3) is 0.308. The Morgan fingerprint density at radius 1 is 0.848 bits per heavy atom. The maximum Gasteiger partial charge on any atom is 0.161 e. The molecule has 33 heavy (non-hydrogen) atoms. The van der Waals surface area contributed by atoms with Gasteiger partial charge in [-0.1, -0.05) is 53.0 Å². The zero-order valence-electron chi connectivity index (χ0n) is 17.8. The second kappa shape index (κ2) is 9.17. The number of Topliss-reactive ketones (excluding diaryl/α,β-unsaturated/α-hetero) is 2. The lowest BCUT2D eigenvalue weighted by atomic mass is 9.71. The molecule has 170 valence electrons. The topological polar surface area (TPSA) is 55.4 Å². The number of nitrogens with one attached hydrogen (secondary N) is 1. The second-order valence-corrected chi connectivity index (χ2v) is 9.83. The number of carbonyl (C=O) groups excluding carboxylic acids is 2. The van der Waals surface area contributed by atoms with Crippen LogP contribution in [0.5, 0.6) is 5.75 Å². The highest BCUT2D eigenvalue weighted by Crippen LogP contribution is 2.49. The molecule has 7 heteroatoms. The van der Waals surface area contributed by atoms with Gasteiger partial charge in [0.05, 0.1) is 5.02 Å². The van der Waals surface area contributed by atoms with Crippen LogP contribution in [0.3, 0.4) is 0 Å². The molecule has 0 saturated heterocycles. The second-order valence-electron chi connectivity index (χ2n) is 8.58. The first-order valence-corrected chi connectivity index (χ1v) is 12.2. The summed E-state index contributed by atoms with van der Waals surface area (Å²) in [7, 11) is 0. The molecule has 2 aromatic carbocycles. The van der Waals surface area contributed by atoms with E-state index in [-0.39, 0.29) is 18.2 Å². The van der Waals surface area contributed by atoms with Crippen LogP contribution in [0.4, 0.5) is 0 Å². The third-order valence-electron chi connectivity index (χ3n) is 6.47. The van der Waals surface area contributed by atoms with Crippen molar-refractivity contribution in [3.63, 3.8) is 0 Å². The Morgan fingerprint density at radius 2 is 1.48 bits per heavy atom. The maximum atomic E-state index is 13.1. The van der Waals surface area contributed by atoms with E-state index < -0.39 is 5.92 Å². The molecule has 0 spiro atoms. The summed E-state index contributed by atoms with van der Waals surface area (Å²) >= 11 is 19.4. The van der Waals surface area contributed by atoms with Gasteiger partial charge in [0.2, 0.25) is 0 Å². The number of ketones is 2. The van der Waals surface area contributed by atoms with Crippen LogP contribution >= 0.6 is 34.8 Å². The average Bonchev–Trinajstić information content (AvgIpc) is 2.78. The molecule has 0 amide bonds. The first-order chi connectivity index (χ1) is 15.9. The third kappa shape index (κ3) is 4.21. The van der Waals surface area contributed by atoms with Crippen molar-refractivity contribution in [2.75, 3.05) is 0 Å². The molecule has 0 unspecified atom stereocenters. The standard InChI is InChI=1S/C26H22Cl3NO3/c27-15-11-16(26(18(29)12-15)33-13-14-5-1-2-6-17(14)28)23-24-19(7-3-9-21(24)31)30-20-8-4-10-22(32)25(20)23/h1-2,5-6,11-12,23,30H,3-4,7-10,13H2. The molecule has 0 fully saturated rings. The van der Waals surface area contributed by atoms with Gasteiger partial charge in [-0.15, -0.1) is 0 Å². The Labute approximate surface area is 207 Å². The number of rotatable bonds is 4. The fourth-order valence-corrected chi connectivity index (χ4v) is 5.76. The minimum Gasteiger partial charge on any atom is -0.487 e. The van der Waals surface area contributed by atoms with E-state index in [1.54, 1.807) is 18.2 Å². The van der Waals surface area contributed by atoms with Gasteiger partial charge in [0.25, 0.3) is 0 Å². The highest BCUT2D eigenvalue weighted by molar-refractivity contribution is 6.35. The number of benzene rings is 2. The molecule has 2 aliphatic carbocycles. The zero-order valence-corrected chi connectivity index (χ0v) is 20.1. The van der Waals surface area contributed by atoms with Gasteiger partial charge in [0.15, 0.2) is 11.6 Å². The molecule has 1 N–H and O–H groups in total. The molecule has 0 bridgehead atoms. The molecule has 2 aromatic rings. The third-order valence-corrected chi connectivity index (χ3v) is 7.34. The van der Waals surface area contributed by atoms with Crippen LogP contribution in [0.2, 0.25) is 15.1 Å². The maximum absolute atomic E-state index is 13.1. The predicted molar refractivity (Wildman–Crippen MR) is 130 cm³/mol. The van der Waals surface area contributed by atoms with E-state index >= 15 is 0 Å². The van der Waals surface area contributed by atoms with E-state index in [0.717, 1.165) is 42.6 Å². The average molecular weight is 503 g/mol. The lowest BCUT2D eigenvalue weighted by Gasteiger charge is -2.37. The summed E-state index contributed by atoms with van der Waals surface area (Å²) in [6, 6.07) is 10.8. The van der Waals surface area contributed by atoms with E-state index in [1.165, 1.54) is 0 Å². The van der Waals surface area contributed by atoms with E-state index in [1.807, 2.05) is 18.2 Å². The number of allylic oxidation sites excluding steroid dienone is 4. The SMILES string of the molecule is O=C1CCCC2=C1C(c1cc(Cl)cc(Cl)c1OCc1ccccc1Cl)C1=C(CCCC1=O)N2. The van der Waals surface area contributed by atoms with E-state index in [0.29, 0.717) is 50.4 Å². The van der Waals surface area contributed by atoms with E-state index in [4.69, 9.17) is 39.5 Å². The summed E-state index contributed by atoms with van der Waals surface area (Å²) < 4.78 is 6.21. The van der Waals surface area contributed by atoms with Crippen LogP contribution in [0.25, 0.3) is 0 Å². The number of halogens is 3. The highest BCUT2D eigenvalue weighted by Gasteiger charge is 2.41. The van der Waals surface area contributed by atoms with Crippen molar-refractivity contribution in [3.8, 4) is 5.75 Å². The van der Waals surface area contributed by atoms with Crippen molar-refractivity contribution >= 4 is 46.4 Å². The molecular weight excluding hydrogens is 481 g/mol. The van der Waals surface area contributed by atoms with Crippen LogP contribution in [0.1, 0.15) is 55.6 Å². The Morgan fingerprint density at radius 3 is 2.12 bits per heavy atom. The molecule has 0 saturated carbocycles. The minimum absolute atomic E-state index is 0.0480. The van der Waals surface area contributed by atoms with Gasteiger partial charge >= 0.3 is 0 Å². The molecular formula is C26H22Cl3NO3.